The Bertz CT molecular complexity index is 99.1. The smallest absolute Gasteiger partial charge is 0.190 e. The predicted molar refractivity (Wildman–Crippen MR) is 37.7 cm³/mol. The van der Waals surface area contributed by atoms with E-state index in [1.54, 1.807) is 14.1 Å². The molecule has 0 aromatic carbocycles. The predicted octanol–water partition coefficient (Wildman–Crippen LogP) is -2.02. The van der Waals surface area contributed by atoms with E-state index >= 15 is 0 Å². The van der Waals surface area contributed by atoms with Crippen molar-refractivity contribution < 1.29 is 0 Å². The maximum absolute atomic E-state index is 5.37. The molecule has 0 aliphatic carbocycles. The van der Waals surface area contributed by atoms with E-state index in [-0.39, 0.29) is 6.29 Å². The molecule has 0 saturated carbocycles. The molecule has 0 aliphatic rings. The Labute approximate surface area is 54.5 Å². The van der Waals surface area contributed by atoms with Crippen LogP contribution < -0.4 is 22.1 Å². The van der Waals surface area contributed by atoms with Gasteiger partial charge in [-0.15, -0.1) is 0 Å². The Kier molecular flexibility index (Phi) is 3.74. The van der Waals surface area contributed by atoms with Crippen molar-refractivity contribution in [2.45, 2.75) is 6.29 Å². The van der Waals surface area contributed by atoms with Crippen LogP contribution in [-0.2, 0) is 0 Å². The number of aliphatic imine (C=N–C) groups is 1. The summed E-state index contributed by atoms with van der Waals surface area (Å²) in [6.45, 7) is 0. The first-order valence-corrected chi connectivity index (χ1v) is 2.62. The molecule has 0 amide bonds. The van der Waals surface area contributed by atoms with Gasteiger partial charge in [0, 0.05) is 7.05 Å². The highest BCUT2D eigenvalue weighted by Crippen LogP contribution is 1.60. The van der Waals surface area contributed by atoms with Gasteiger partial charge in [-0.05, 0) is 7.05 Å². The summed E-state index contributed by atoms with van der Waals surface area (Å²) in [5, 5.41) is 5.41. The summed E-state index contributed by atoms with van der Waals surface area (Å²) >= 11 is 0. The lowest BCUT2D eigenvalue weighted by Crippen LogP contribution is -2.52. The molecular weight excluding hydrogens is 118 g/mol. The zero-order valence-electron chi connectivity index (χ0n) is 5.68. The van der Waals surface area contributed by atoms with E-state index in [4.69, 9.17) is 11.5 Å². The second-order valence-corrected chi connectivity index (χ2v) is 1.52. The van der Waals surface area contributed by atoms with Crippen molar-refractivity contribution >= 4 is 5.96 Å². The Morgan fingerprint density at radius 2 is 2.22 bits per heavy atom. The molecular formula is C4H13N5. The molecule has 9 heavy (non-hydrogen) atoms. The van der Waals surface area contributed by atoms with Crippen LogP contribution in [0, 0.1) is 0 Å². The van der Waals surface area contributed by atoms with Crippen LogP contribution in [0.3, 0.4) is 0 Å². The molecule has 54 valence electrons. The maximum atomic E-state index is 5.37. The standard InChI is InChI=1S/C4H13N5/c1-7-3(5)9-4(6)8-2/h3,7H,5H2,1-2H3,(H3,6,8,9). The molecule has 0 radical (unpaired) electrons. The Balaban J connectivity index is 3.47. The molecule has 0 aromatic rings. The third kappa shape index (κ3) is 3.75. The molecule has 5 heteroatoms. The molecule has 0 rings (SSSR count). The van der Waals surface area contributed by atoms with Crippen LogP contribution in [0.15, 0.2) is 4.99 Å². The highest BCUT2D eigenvalue weighted by molar-refractivity contribution is 5.77. The monoisotopic (exact) mass is 131 g/mol. The molecule has 0 bridgehead atoms. The van der Waals surface area contributed by atoms with Gasteiger partial charge < -0.3 is 11.1 Å². The van der Waals surface area contributed by atoms with Crippen molar-refractivity contribution in [2.75, 3.05) is 14.1 Å². The summed E-state index contributed by atoms with van der Waals surface area (Å²) in [7, 11) is 3.31. The van der Waals surface area contributed by atoms with Gasteiger partial charge in [0.25, 0.3) is 0 Å². The van der Waals surface area contributed by atoms with Crippen molar-refractivity contribution in [1.29, 1.82) is 0 Å². The largest absolute Gasteiger partial charge is 0.370 e. The lowest BCUT2D eigenvalue weighted by Gasteiger charge is -2.11. The van der Waals surface area contributed by atoms with Gasteiger partial charge in [0.2, 0.25) is 0 Å². The van der Waals surface area contributed by atoms with Crippen LogP contribution in [0.25, 0.3) is 0 Å². The number of nitrogens with one attached hydrogen (secondary N) is 2. The van der Waals surface area contributed by atoms with Crippen molar-refractivity contribution in [1.82, 2.24) is 10.6 Å². The highest BCUT2D eigenvalue weighted by atomic mass is 15.3. The molecule has 0 aromatic heterocycles. The van der Waals surface area contributed by atoms with E-state index < -0.39 is 0 Å². The molecule has 1 atom stereocenters. The molecule has 0 heterocycles. The van der Waals surface area contributed by atoms with Crippen LogP contribution >= 0.6 is 0 Å². The van der Waals surface area contributed by atoms with Gasteiger partial charge in [-0.3, -0.25) is 16.0 Å². The maximum Gasteiger partial charge on any atom is 0.190 e. The van der Waals surface area contributed by atoms with Gasteiger partial charge in [-0.25, -0.2) is 0 Å². The fraction of sp³-hybridized carbons (Fsp3) is 0.750. The van der Waals surface area contributed by atoms with E-state index in [0.717, 1.165) is 0 Å². The SMILES string of the molecule is CN=C(N)NC(N)NC. The van der Waals surface area contributed by atoms with E-state index in [1.165, 1.54) is 0 Å². The molecule has 0 saturated heterocycles. The average Bonchev–Trinajstić information content (AvgIpc) is 1.87. The van der Waals surface area contributed by atoms with Gasteiger partial charge in [0.1, 0.15) is 6.29 Å². The zero-order valence-corrected chi connectivity index (χ0v) is 5.68. The van der Waals surface area contributed by atoms with Crippen molar-refractivity contribution in [3.05, 3.63) is 0 Å². The van der Waals surface area contributed by atoms with E-state index in [1.807, 2.05) is 0 Å². The molecule has 0 spiro atoms. The van der Waals surface area contributed by atoms with Crippen LogP contribution in [0.2, 0.25) is 0 Å². The Morgan fingerprint density at radius 1 is 1.67 bits per heavy atom. The minimum atomic E-state index is -0.325. The third-order valence-electron chi connectivity index (χ3n) is 0.855. The van der Waals surface area contributed by atoms with Gasteiger partial charge >= 0.3 is 0 Å². The van der Waals surface area contributed by atoms with Gasteiger partial charge in [-0.1, -0.05) is 0 Å². The second kappa shape index (κ2) is 4.11. The Hall–Kier alpha value is -0.810. The first kappa shape index (κ1) is 8.19. The lowest BCUT2D eigenvalue weighted by atomic mass is 10.8. The lowest BCUT2D eigenvalue weighted by molar-refractivity contribution is 0.549. The molecule has 0 fully saturated rings. The fourth-order valence-electron chi connectivity index (χ4n) is 0.296. The summed E-state index contributed by atoms with van der Waals surface area (Å²) in [4.78, 5) is 3.64. The van der Waals surface area contributed by atoms with Crippen molar-refractivity contribution in [3.8, 4) is 0 Å². The van der Waals surface area contributed by atoms with Crippen LogP contribution in [0.4, 0.5) is 0 Å². The first-order valence-electron chi connectivity index (χ1n) is 2.62. The minimum Gasteiger partial charge on any atom is -0.370 e. The normalized spacial score (nSPS) is 15.2. The third-order valence-corrected chi connectivity index (χ3v) is 0.855. The summed E-state index contributed by atoms with van der Waals surface area (Å²) in [6, 6.07) is 0. The van der Waals surface area contributed by atoms with Gasteiger partial charge in [0.15, 0.2) is 5.96 Å². The van der Waals surface area contributed by atoms with Gasteiger partial charge in [-0.2, -0.15) is 0 Å². The van der Waals surface area contributed by atoms with Crippen molar-refractivity contribution in [2.24, 2.45) is 16.5 Å². The number of nitrogens with two attached hydrogens (primary N) is 2. The van der Waals surface area contributed by atoms with Gasteiger partial charge in [0.05, 0.1) is 0 Å². The van der Waals surface area contributed by atoms with E-state index in [0.29, 0.717) is 5.96 Å². The van der Waals surface area contributed by atoms with E-state index in [2.05, 4.69) is 15.6 Å². The first-order chi connectivity index (χ1) is 4.20. The topological polar surface area (TPSA) is 88.5 Å². The molecule has 6 N–H and O–H groups in total. The van der Waals surface area contributed by atoms with Crippen LogP contribution in [0.5, 0.6) is 0 Å². The zero-order chi connectivity index (χ0) is 7.28. The molecule has 1 unspecified atom stereocenters. The number of nitrogens with zero attached hydrogens (tertiary/aromatic N) is 1. The minimum absolute atomic E-state index is 0.325. The number of hydrogen-bond acceptors (Lipinski definition) is 3. The molecule has 5 nitrogen and oxygen atoms in total. The van der Waals surface area contributed by atoms with Crippen molar-refractivity contribution in [3.63, 3.8) is 0 Å². The Morgan fingerprint density at radius 3 is 2.56 bits per heavy atom. The average molecular weight is 131 g/mol. The highest BCUT2D eigenvalue weighted by Gasteiger charge is 1.94. The number of hydrogen-bond donors (Lipinski definition) is 4. The summed E-state index contributed by atoms with van der Waals surface area (Å²) in [5.41, 5.74) is 10.6. The summed E-state index contributed by atoms with van der Waals surface area (Å²) in [6.07, 6.45) is -0.325. The summed E-state index contributed by atoms with van der Waals surface area (Å²) in [5.74, 6) is 0.330. The summed E-state index contributed by atoms with van der Waals surface area (Å²) < 4.78 is 0. The molecule has 0 aliphatic heterocycles. The quantitative estimate of drug-likeness (QED) is 0.198. The fourth-order valence-corrected chi connectivity index (χ4v) is 0.296. The van der Waals surface area contributed by atoms with Crippen LogP contribution in [0.1, 0.15) is 0 Å². The van der Waals surface area contributed by atoms with E-state index in [9.17, 15) is 0 Å². The second-order valence-electron chi connectivity index (χ2n) is 1.52. The van der Waals surface area contributed by atoms with Crippen LogP contribution in [-0.4, -0.2) is 26.3 Å². The number of rotatable bonds is 2. The number of guanidine groups is 1.